The van der Waals surface area contributed by atoms with E-state index in [0.29, 0.717) is 0 Å². The topological polar surface area (TPSA) is 3.24 Å². The maximum atomic E-state index is 3.73. The molecule has 0 aromatic carbocycles. The van der Waals surface area contributed by atoms with E-state index in [0.717, 1.165) is 18.9 Å². The highest BCUT2D eigenvalue weighted by atomic mass is 15.1. The predicted molar refractivity (Wildman–Crippen MR) is 56.4 cm³/mol. The molecular formula is C11H23N. The predicted octanol–water partition coefficient (Wildman–Crippen LogP) is 2.93. The van der Waals surface area contributed by atoms with Gasteiger partial charge in [0.15, 0.2) is 0 Å². The van der Waals surface area contributed by atoms with Crippen LogP contribution in [0.1, 0.15) is 33.1 Å². The SMILES string of the molecule is C=CCCC(C)CCN(C)CC. The van der Waals surface area contributed by atoms with Gasteiger partial charge in [-0.05, 0) is 45.3 Å². The molecule has 0 saturated carbocycles. The monoisotopic (exact) mass is 169 g/mol. The van der Waals surface area contributed by atoms with Crippen LogP contribution in [0, 0.1) is 5.92 Å². The molecule has 0 aliphatic rings. The molecule has 0 saturated heterocycles. The van der Waals surface area contributed by atoms with Crippen molar-refractivity contribution in [3.05, 3.63) is 12.7 Å². The Bertz CT molecular complexity index is 110. The minimum atomic E-state index is 0.844. The average Bonchev–Trinajstić information content (AvgIpc) is 2.10. The largest absolute Gasteiger partial charge is 0.307 e. The number of hydrogen-bond acceptors (Lipinski definition) is 1. The van der Waals surface area contributed by atoms with Crippen molar-refractivity contribution < 1.29 is 0 Å². The molecule has 0 bridgehead atoms. The van der Waals surface area contributed by atoms with Crippen LogP contribution in [0.5, 0.6) is 0 Å². The number of nitrogens with zero attached hydrogens (tertiary/aromatic N) is 1. The summed E-state index contributed by atoms with van der Waals surface area (Å²) >= 11 is 0. The smallest absolute Gasteiger partial charge is 0.00194 e. The molecule has 0 spiro atoms. The fourth-order valence-electron chi connectivity index (χ4n) is 1.15. The van der Waals surface area contributed by atoms with Crippen LogP contribution in [-0.2, 0) is 0 Å². The third-order valence-electron chi connectivity index (χ3n) is 2.41. The summed E-state index contributed by atoms with van der Waals surface area (Å²) in [4.78, 5) is 2.37. The van der Waals surface area contributed by atoms with Crippen molar-refractivity contribution in [3.63, 3.8) is 0 Å². The first-order valence-electron chi connectivity index (χ1n) is 5.00. The lowest BCUT2D eigenvalue weighted by Gasteiger charge is -2.16. The van der Waals surface area contributed by atoms with Crippen molar-refractivity contribution in [2.75, 3.05) is 20.1 Å². The molecule has 0 amide bonds. The van der Waals surface area contributed by atoms with Gasteiger partial charge in [0.2, 0.25) is 0 Å². The fraction of sp³-hybridized carbons (Fsp3) is 0.818. The molecule has 0 fully saturated rings. The van der Waals surface area contributed by atoms with Gasteiger partial charge in [-0.15, -0.1) is 6.58 Å². The van der Waals surface area contributed by atoms with Crippen molar-refractivity contribution in [1.82, 2.24) is 4.90 Å². The summed E-state index contributed by atoms with van der Waals surface area (Å²) in [6, 6.07) is 0. The highest BCUT2D eigenvalue weighted by molar-refractivity contribution is 4.68. The zero-order valence-corrected chi connectivity index (χ0v) is 8.84. The summed E-state index contributed by atoms with van der Waals surface area (Å²) in [6.07, 6.45) is 5.79. The Balaban J connectivity index is 3.29. The lowest BCUT2D eigenvalue weighted by atomic mass is 10.0. The maximum Gasteiger partial charge on any atom is -0.00194 e. The third-order valence-corrected chi connectivity index (χ3v) is 2.41. The normalized spacial score (nSPS) is 13.3. The van der Waals surface area contributed by atoms with Gasteiger partial charge >= 0.3 is 0 Å². The van der Waals surface area contributed by atoms with E-state index < -0.39 is 0 Å². The van der Waals surface area contributed by atoms with Crippen molar-refractivity contribution in [1.29, 1.82) is 0 Å². The summed E-state index contributed by atoms with van der Waals surface area (Å²) in [7, 11) is 2.18. The molecule has 1 unspecified atom stereocenters. The molecule has 72 valence electrons. The molecule has 1 nitrogen and oxygen atoms in total. The van der Waals surface area contributed by atoms with Crippen molar-refractivity contribution in [2.24, 2.45) is 5.92 Å². The molecule has 0 aromatic heterocycles. The van der Waals surface area contributed by atoms with Crippen molar-refractivity contribution in [3.8, 4) is 0 Å². The summed E-state index contributed by atoms with van der Waals surface area (Å²) in [5.74, 6) is 0.844. The van der Waals surface area contributed by atoms with Gasteiger partial charge < -0.3 is 4.90 Å². The highest BCUT2D eigenvalue weighted by Crippen LogP contribution is 2.10. The Morgan fingerprint density at radius 2 is 2.08 bits per heavy atom. The Morgan fingerprint density at radius 3 is 2.58 bits per heavy atom. The Kier molecular flexibility index (Phi) is 7.17. The zero-order valence-electron chi connectivity index (χ0n) is 8.84. The van der Waals surface area contributed by atoms with E-state index in [1.54, 1.807) is 0 Å². The molecule has 0 aliphatic heterocycles. The molecule has 0 rings (SSSR count). The van der Waals surface area contributed by atoms with E-state index in [2.05, 4.69) is 32.4 Å². The number of hydrogen-bond donors (Lipinski definition) is 0. The van der Waals surface area contributed by atoms with Gasteiger partial charge in [0, 0.05) is 0 Å². The Hall–Kier alpha value is -0.300. The van der Waals surface area contributed by atoms with Crippen molar-refractivity contribution in [2.45, 2.75) is 33.1 Å². The van der Waals surface area contributed by atoms with Gasteiger partial charge in [0.05, 0.1) is 0 Å². The van der Waals surface area contributed by atoms with E-state index in [1.807, 2.05) is 6.08 Å². The van der Waals surface area contributed by atoms with Crippen LogP contribution in [0.15, 0.2) is 12.7 Å². The summed E-state index contributed by atoms with van der Waals surface area (Å²) in [5, 5.41) is 0. The molecule has 0 heterocycles. The average molecular weight is 169 g/mol. The van der Waals surface area contributed by atoms with Crippen LogP contribution >= 0.6 is 0 Å². The van der Waals surface area contributed by atoms with Gasteiger partial charge in [-0.1, -0.05) is 19.9 Å². The van der Waals surface area contributed by atoms with Crippen LogP contribution in [-0.4, -0.2) is 25.0 Å². The summed E-state index contributed by atoms with van der Waals surface area (Å²) < 4.78 is 0. The van der Waals surface area contributed by atoms with E-state index in [4.69, 9.17) is 0 Å². The van der Waals surface area contributed by atoms with Gasteiger partial charge in [-0.2, -0.15) is 0 Å². The quantitative estimate of drug-likeness (QED) is 0.530. The maximum absolute atomic E-state index is 3.73. The lowest BCUT2D eigenvalue weighted by molar-refractivity contribution is 0.314. The first-order valence-corrected chi connectivity index (χ1v) is 5.00. The Labute approximate surface area is 77.5 Å². The molecular weight excluding hydrogens is 146 g/mol. The molecule has 0 N–H and O–H groups in total. The van der Waals surface area contributed by atoms with Crippen LogP contribution < -0.4 is 0 Å². The standard InChI is InChI=1S/C11H23N/c1-5-7-8-11(3)9-10-12(4)6-2/h5,11H,1,6-10H2,2-4H3. The molecule has 0 radical (unpaired) electrons. The summed E-state index contributed by atoms with van der Waals surface area (Å²) in [6.45, 7) is 10.7. The van der Waals surface area contributed by atoms with Crippen LogP contribution in [0.2, 0.25) is 0 Å². The lowest BCUT2D eigenvalue weighted by Crippen LogP contribution is -2.20. The molecule has 0 aromatic rings. The first-order chi connectivity index (χ1) is 5.70. The van der Waals surface area contributed by atoms with Crippen LogP contribution in [0.3, 0.4) is 0 Å². The van der Waals surface area contributed by atoms with Gasteiger partial charge in [-0.3, -0.25) is 0 Å². The second kappa shape index (κ2) is 7.35. The molecule has 1 heteroatoms. The minimum absolute atomic E-state index is 0.844. The zero-order chi connectivity index (χ0) is 9.40. The van der Waals surface area contributed by atoms with Gasteiger partial charge in [0.25, 0.3) is 0 Å². The van der Waals surface area contributed by atoms with Gasteiger partial charge in [-0.25, -0.2) is 0 Å². The minimum Gasteiger partial charge on any atom is -0.307 e. The highest BCUT2D eigenvalue weighted by Gasteiger charge is 2.01. The number of allylic oxidation sites excluding steroid dienone is 1. The van der Waals surface area contributed by atoms with E-state index >= 15 is 0 Å². The fourth-order valence-corrected chi connectivity index (χ4v) is 1.15. The summed E-state index contributed by atoms with van der Waals surface area (Å²) in [5.41, 5.74) is 0. The van der Waals surface area contributed by atoms with E-state index in [-0.39, 0.29) is 0 Å². The third kappa shape index (κ3) is 6.41. The van der Waals surface area contributed by atoms with Crippen molar-refractivity contribution >= 4 is 0 Å². The molecule has 1 atom stereocenters. The molecule has 0 aliphatic carbocycles. The van der Waals surface area contributed by atoms with E-state index in [9.17, 15) is 0 Å². The van der Waals surface area contributed by atoms with Crippen LogP contribution in [0.4, 0.5) is 0 Å². The number of rotatable bonds is 7. The van der Waals surface area contributed by atoms with Gasteiger partial charge in [0.1, 0.15) is 0 Å². The second-order valence-electron chi connectivity index (χ2n) is 3.66. The van der Waals surface area contributed by atoms with E-state index in [1.165, 1.54) is 19.4 Å². The Morgan fingerprint density at radius 1 is 1.42 bits per heavy atom. The molecule has 12 heavy (non-hydrogen) atoms. The second-order valence-corrected chi connectivity index (χ2v) is 3.66. The first kappa shape index (κ1) is 11.7. The van der Waals surface area contributed by atoms with Crippen LogP contribution in [0.25, 0.3) is 0 Å².